The van der Waals surface area contributed by atoms with Gasteiger partial charge >= 0.3 is 5.97 Å². The number of esters is 1. The number of aliphatic hydroxyl groups excluding tert-OH is 2. The second kappa shape index (κ2) is 7.02. The van der Waals surface area contributed by atoms with Crippen LogP contribution in [0.25, 0.3) is 0 Å². The Kier molecular flexibility index (Phi) is 5.33. The largest absolute Gasteiger partial charge is 0.458 e. The first kappa shape index (κ1) is 15.9. The van der Waals surface area contributed by atoms with Gasteiger partial charge in [-0.15, -0.1) is 0 Å². The van der Waals surface area contributed by atoms with Gasteiger partial charge in [-0.25, -0.2) is 4.79 Å². The summed E-state index contributed by atoms with van der Waals surface area (Å²) in [5.41, 5.74) is 0.490. The summed E-state index contributed by atoms with van der Waals surface area (Å²) in [6.07, 6.45) is -1.28. The van der Waals surface area contributed by atoms with Gasteiger partial charge in [0.2, 0.25) is 0 Å². The van der Waals surface area contributed by atoms with Crippen molar-refractivity contribution in [1.82, 2.24) is 0 Å². The monoisotopic (exact) mass is 294 g/mol. The summed E-state index contributed by atoms with van der Waals surface area (Å²) in [6.45, 7) is 3.44. The first-order valence-corrected chi connectivity index (χ1v) is 7.21. The van der Waals surface area contributed by atoms with E-state index in [1.807, 2.05) is 19.9 Å². The molecule has 1 aromatic carbocycles. The van der Waals surface area contributed by atoms with Gasteiger partial charge in [-0.2, -0.15) is 0 Å². The lowest BCUT2D eigenvalue weighted by atomic mass is 9.83. The van der Waals surface area contributed by atoms with Gasteiger partial charge in [0.25, 0.3) is 0 Å². The molecule has 0 radical (unpaired) electrons. The Morgan fingerprint density at radius 3 is 2.10 bits per heavy atom. The van der Waals surface area contributed by atoms with Crippen molar-refractivity contribution in [1.29, 1.82) is 0 Å². The molecule has 1 aliphatic heterocycles. The fourth-order valence-corrected chi connectivity index (χ4v) is 2.77. The molecule has 116 valence electrons. The Labute approximate surface area is 124 Å². The van der Waals surface area contributed by atoms with Crippen LogP contribution in [0.4, 0.5) is 0 Å². The maximum atomic E-state index is 12.2. The van der Waals surface area contributed by atoms with E-state index in [1.165, 1.54) is 0 Å². The first-order chi connectivity index (χ1) is 10.1. The Morgan fingerprint density at radius 1 is 1.10 bits per heavy atom. The van der Waals surface area contributed by atoms with E-state index < -0.39 is 24.3 Å². The Bertz CT molecular complexity index is 445. The number of ether oxygens (including phenoxy) is 2. The lowest BCUT2D eigenvalue weighted by Crippen LogP contribution is -2.53. The van der Waals surface area contributed by atoms with Gasteiger partial charge in [0.05, 0.1) is 31.0 Å². The Balaban J connectivity index is 2.13. The van der Waals surface area contributed by atoms with Crippen LogP contribution in [0.5, 0.6) is 0 Å². The van der Waals surface area contributed by atoms with Crippen molar-refractivity contribution < 1.29 is 24.5 Å². The molecule has 0 amide bonds. The van der Waals surface area contributed by atoms with Crippen molar-refractivity contribution in [3.05, 3.63) is 35.9 Å². The third-order valence-corrected chi connectivity index (χ3v) is 4.17. The van der Waals surface area contributed by atoms with E-state index in [1.54, 1.807) is 24.3 Å². The standard InChI is InChI=1S/C16H22O5/c1-10-13(8-17)20-14(9-18)11(2)15(10)21-16(19)12-6-4-3-5-7-12/h3-7,10-11,13-15,17-18H,8-9H2,1-2H3/t10-,11+,13+,14-,15?. The highest BCUT2D eigenvalue weighted by Crippen LogP contribution is 2.32. The van der Waals surface area contributed by atoms with Crippen LogP contribution < -0.4 is 0 Å². The zero-order chi connectivity index (χ0) is 15.4. The first-order valence-electron chi connectivity index (χ1n) is 7.21. The molecule has 1 fully saturated rings. The smallest absolute Gasteiger partial charge is 0.338 e. The lowest BCUT2D eigenvalue weighted by Gasteiger charge is -2.43. The van der Waals surface area contributed by atoms with Crippen LogP contribution in [0.2, 0.25) is 0 Å². The second-order valence-electron chi connectivity index (χ2n) is 5.53. The third-order valence-electron chi connectivity index (χ3n) is 4.17. The normalized spacial score (nSPS) is 32.7. The fraction of sp³-hybridized carbons (Fsp3) is 0.562. The van der Waals surface area contributed by atoms with Gasteiger partial charge in [0.1, 0.15) is 6.10 Å². The van der Waals surface area contributed by atoms with Gasteiger partial charge in [-0.05, 0) is 12.1 Å². The van der Waals surface area contributed by atoms with E-state index in [2.05, 4.69) is 0 Å². The number of rotatable bonds is 4. The van der Waals surface area contributed by atoms with Crippen molar-refractivity contribution in [2.24, 2.45) is 11.8 Å². The van der Waals surface area contributed by atoms with Crippen molar-refractivity contribution >= 4 is 5.97 Å². The van der Waals surface area contributed by atoms with Gasteiger partial charge < -0.3 is 19.7 Å². The van der Waals surface area contributed by atoms with E-state index >= 15 is 0 Å². The Hall–Kier alpha value is -1.43. The van der Waals surface area contributed by atoms with E-state index in [0.717, 1.165) is 0 Å². The maximum absolute atomic E-state index is 12.2. The highest BCUT2D eigenvalue weighted by Gasteiger charge is 2.43. The molecule has 1 unspecified atom stereocenters. The van der Waals surface area contributed by atoms with Crippen LogP contribution in [-0.4, -0.2) is 47.7 Å². The summed E-state index contributed by atoms with van der Waals surface area (Å²) >= 11 is 0. The molecule has 0 aromatic heterocycles. The van der Waals surface area contributed by atoms with Crippen molar-refractivity contribution in [3.8, 4) is 0 Å². The van der Waals surface area contributed by atoms with Crippen LogP contribution in [0.1, 0.15) is 24.2 Å². The van der Waals surface area contributed by atoms with E-state index in [-0.39, 0.29) is 25.0 Å². The zero-order valence-electron chi connectivity index (χ0n) is 12.3. The number of hydrogen-bond acceptors (Lipinski definition) is 5. The number of carbonyl (C=O) groups excluding carboxylic acids is 1. The van der Waals surface area contributed by atoms with E-state index in [4.69, 9.17) is 9.47 Å². The molecule has 5 atom stereocenters. The summed E-state index contributed by atoms with van der Waals surface area (Å²) in [4.78, 5) is 12.2. The van der Waals surface area contributed by atoms with Crippen molar-refractivity contribution in [2.45, 2.75) is 32.2 Å². The molecule has 1 aliphatic rings. The average Bonchev–Trinajstić information content (AvgIpc) is 2.52. The van der Waals surface area contributed by atoms with Crippen LogP contribution in [0, 0.1) is 11.8 Å². The minimum absolute atomic E-state index is 0.138. The molecule has 2 rings (SSSR count). The number of carbonyl (C=O) groups is 1. The maximum Gasteiger partial charge on any atom is 0.338 e. The molecule has 2 N–H and O–H groups in total. The number of hydrogen-bond donors (Lipinski definition) is 2. The Morgan fingerprint density at radius 2 is 1.62 bits per heavy atom. The fourth-order valence-electron chi connectivity index (χ4n) is 2.77. The topological polar surface area (TPSA) is 76.0 Å². The van der Waals surface area contributed by atoms with Gasteiger partial charge in [-0.3, -0.25) is 0 Å². The molecule has 0 aliphatic carbocycles. The predicted molar refractivity (Wildman–Crippen MR) is 76.8 cm³/mol. The summed E-state index contributed by atoms with van der Waals surface area (Å²) in [5, 5.41) is 18.8. The van der Waals surface area contributed by atoms with Crippen LogP contribution in [-0.2, 0) is 9.47 Å². The average molecular weight is 294 g/mol. The molecular weight excluding hydrogens is 272 g/mol. The van der Waals surface area contributed by atoms with Crippen LogP contribution in [0.15, 0.2) is 30.3 Å². The van der Waals surface area contributed by atoms with Gasteiger partial charge in [-0.1, -0.05) is 32.0 Å². The molecule has 1 aromatic rings. The van der Waals surface area contributed by atoms with Gasteiger partial charge in [0.15, 0.2) is 0 Å². The van der Waals surface area contributed by atoms with E-state index in [0.29, 0.717) is 5.56 Å². The molecule has 21 heavy (non-hydrogen) atoms. The van der Waals surface area contributed by atoms with Crippen LogP contribution >= 0.6 is 0 Å². The second-order valence-corrected chi connectivity index (χ2v) is 5.53. The quantitative estimate of drug-likeness (QED) is 0.817. The van der Waals surface area contributed by atoms with Crippen LogP contribution in [0.3, 0.4) is 0 Å². The van der Waals surface area contributed by atoms with Gasteiger partial charge in [0, 0.05) is 11.8 Å². The molecule has 5 nitrogen and oxygen atoms in total. The molecule has 0 saturated carbocycles. The van der Waals surface area contributed by atoms with Crippen molar-refractivity contribution in [2.75, 3.05) is 13.2 Å². The summed E-state index contributed by atoms with van der Waals surface area (Å²) in [7, 11) is 0. The molecule has 1 saturated heterocycles. The SMILES string of the molecule is C[C@@H]1C(OC(=O)c2ccccc2)[C@H](C)[C@H](CO)O[C@@H]1CO. The molecule has 0 bridgehead atoms. The number of aliphatic hydroxyl groups is 2. The summed E-state index contributed by atoms with van der Waals surface area (Å²) in [6, 6.07) is 8.79. The lowest BCUT2D eigenvalue weighted by molar-refractivity contribution is -0.185. The molecule has 1 heterocycles. The highest BCUT2D eigenvalue weighted by molar-refractivity contribution is 5.89. The molecule has 0 spiro atoms. The minimum Gasteiger partial charge on any atom is -0.458 e. The molecular formula is C16H22O5. The summed E-state index contributed by atoms with van der Waals surface area (Å²) < 4.78 is 11.3. The van der Waals surface area contributed by atoms with Crippen molar-refractivity contribution in [3.63, 3.8) is 0 Å². The highest BCUT2D eigenvalue weighted by atomic mass is 16.6. The number of benzene rings is 1. The predicted octanol–water partition coefficient (Wildman–Crippen LogP) is 1.24. The third kappa shape index (κ3) is 3.43. The molecule has 5 heteroatoms. The zero-order valence-corrected chi connectivity index (χ0v) is 12.3. The summed E-state index contributed by atoms with van der Waals surface area (Å²) in [5.74, 6) is -0.671. The van der Waals surface area contributed by atoms with E-state index in [9.17, 15) is 15.0 Å². The minimum atomic E-state index is -0.438.